The highest BCUT2D eigenvalue weighted by Gasteiger charge is 2.25. The van der Waals surface area contributed by atoms with E-state index in [1.54, 1.807) is 0 Å². The third-order valence-electron chi connectivity index (χ3n) is 3.09. The molecule has 0 saturated carbocycles. The number of ether oxygens (including phenoxy) is 1. The van der Waals surface area contributed by atoms with Crippen LogP contribution in [-0.2, 0) is 14.3 Å². The van der Waals surface area contributed by atoms with E-state index >= 15 is 0 Å². The second-order valence-electron chi connectivity index (χ2n) is 4.32. The van der Waals surface area contributed by atoms with Gasteiger partial charge in [0.2, 0.25) is 5.91 Å². The van der Waals surface area contributed by atoms with Gasteiger partial charge in [-0.2, -0.15) is 0 Å². The second kappa shape index (κ2) is 8.06. The number of hydrogen-bond donors (Lipinski definition) is 1. The molecule has 0 saturated heterocycles. The van der Waals surface area contributed by atoms with Crippen molar-refractivity contribution in [2.24, 2.45) is 11.8 Å². The van der Waals surface area contributed by atoms with Crippen LogP contribution in [0.3, 0.4) is 0 Å². The average Bonchev–Trinajstić information content (AvgIpc) is 2.31. The zero-order valence-corrected chi connectivity index (χ0v) is 11.1. The summed E-state index contributed by atoms with van der Waals surface area (Å²) in [5.74, 6) is -1.01. The lowest BCUT2D eigenvalue weighted by molar-refractivity contribution is -0.147. The molecule has 2 unspecified atom stereocenters. The summed E-state index contributed by atoms with van der Waals surface area (Å²) in [5, 5.41) is 8.77. The monoisotopic (exact) mass is 245 g/mol. The molecule has 1 amide bonds. The van der Waals surface area contributed by atoms with Crippen LogP contribution in [0.2, 0.25) is 0 Å². The van der Waals surface area contributed by atoms with Crippen molar-refractivity contribution in [3.63, 3.8) is 0 Å². The molecule has 5 heteroatoms. The molecule has 100 valence electrons. The van der Waals surface area contributed by atoms with E-state index < -0.39 is 5.97 Å². The Hall–Kier alpha value is -1.10. The predicted octanol–water partition coefficient (Wildman–Crippen LogP) is 1.23. The van der Waals surface area contributed by atoms with Crippen LogP contribution < -0.4 is 0 Å². The van der Waals surface area contributed by atoms with Crippen molar-refractivity contribution in [2.45, 2.75) is 27.2 Å². The second-order valence-corrected chi connectivity index (χ2v) is 4.32. The summed E-state index contributed by atoms with van der Waals surface area (Å²) in [6, 6.07) is 0. The molecule has 0 aromatic carbocycles. The van der Waals surface area contributed by atoms with Crippen molar-refractivity contribution in [3.05, 3.63) is 0 Å². The molecule has 0 aliphatic rings. The molecule has 2 atom stereocenters. The highest BCUT2D eigenvalue weighted by molar-refractivity contribution is 5.83. The first-order chi connectivity index (χ1) is 7.93. The lowest BCUT2D eigenvalue weighted by atomic mass is 9.92. The lowest BCUT2D eigenvalue weighted by Gasteiger charge is -2.26. The lowest BCUT2D eigenvalue weighted by Crippen LogP contribution is -2.42. The van der Waals surface area contributed by atoms with E-state index in [-0.39, 0.29) is 24.3 Å². The quantitative estimate of drug-likeness (QED) is 0.698. The van der Waals surface area contributed by atoms with Crippen LogP contribution >= 0.6 is 0 Å². The first-order valence-corrected chi connectivity index (χ1v) is 5.93. The van der Waals surface area contributed by atoms with Crippen LogP contribution in [0.1, 0.15) is 27.2 Å². The average molecular weight is 245 g/mol. The maximum absolute atomic E-state index is 12.1. The summed E-state index contributed by atoms with van der Waals surface area (Å²) in [6.45, 7) is 6.28. The van der Waals surface area contributed by atoms with Gasteiger partial charge in [0, 0.05) is 19.6 Å². The molecular weight excluding hydrogens is 222 g/mol. The van der Waals surface area contributed by atoms with Crippen molar-refractivity contribution in [1.82, 2.24) is 4.90 Å². The van der Waals surface area contributed by atoms with Crippen LogP contribution in [0.15, 0.2) is 0 Å². The fraction of sp³-hybridized carbons (Fsp3) is 0.833. The summed E-state index contributed by atoms with van der Waals surface area (Å²) in [7, 11) is 1.53. The maximum Gasteiger partial charge on any atom is 0.323 e. The number of carbonyl (C=O) groups is 2. The van der Waals surface area contributed by atoms with Gasteiger partial charge in [-0.1, -0.05) is 27.2 Å². The molecule has 0 aliphatic heterocycles. The van der Waals surface area contributed by atoms with Gasteiger partial charge in [-0.3, -0.25) is 9.59 Å². The number of hydrogen-bond acceptors (Lipinski definition) is 3. The molecule has 0 aromatic rings. The number of nitrogens with zero attached hydrogens (tertiary/aromatic N) is 1. The minimum Gasteiger partial charge on any atom is -0.480 e. The third-order valence-corrected chi connectivity index (χ3v) is 3.09. The zero-order chi connectivity index (χ0) is 13.4. The number of carboxylic acids is 1. The van der Waals surface area contributed by atoms with E-state index in [4.69, 9.17) is 9.84 Å². The summed E-state index contributed by atoms with van der Waals surface area (Å²) >= 11 is 0. The smallest absolute Gasteiger partial charge is 0.323 e. The molecule has 0 fully saturated rings. The fourth-order valence-corrected chi connectivity index (χ4v) is 1.52. The molecule has 0 aromatic heterocycles. The normalized spacial score (nSPS) is 14.1. The molecule has 0 heterocycles. The van der Waals surface area contributed by atoms with Gasteiger partial charge in [-0.25, -0.2) is 0 Å². The van der Waals surface area contributed by atoms with Crippen molar-refractivity contribution in [3.8, 4) is 0 Å². The Morgan fingerprint density at radius 2 is 1.94 bits per heavy atom. The topological polar surface area (TPSA) is 66.8 Å². The van der Waals surface area contributed by atoms with Crippen molar-refractivity contribution < 1.29 is 19.4 Å². The molecule has 0 radical (unpaired) electrons. The molecule has 0 rings (SSSR count). The summed E-state index contributed by atoms with van der Waals surface area (Å²) in [4.78, 5) is 24.1. The zero-order valence-electron chi connectivity index (χ0n) is 11.1. The summed E-state index contributed by atoms with van der Waals surface area (Å²) in [5.41, 5.74) is 0. The van der Waals surface area contributed by atoms with Crippen LogP contribution in [0.4, 0.5) is 0 Å². The molecule has 1 N–H and O–H groups in total. The van der Waals surface area contributed by atoms with Crippen LogP contribution in [0.5, 0.6) is 0 Å². The van der Waals surface area contributed by atoms with Gasteiger partial charge in [0.1, 0.15) is 6.54 Å². The largest absolute Gasteiger partial charge is 0.480 e. The van der Waals surface area contributed by atoms with Gasteiger partial charge in [0.25, 0.3) is 0 Å². The van der Waals surface area contributed by atoms with Gasteiger partial charge >= 0.3 is 5.97 Å². The van der Waals surface area contributed by atoms with E-state index in [0.717, 1.165) is 6.42 Å². The predicted molar refractivity (Wildman–Crippen MR) is 64.7 cm³/mol. The van der Waals surface area contributed by atoms with E-state index in [1.165, 1.54) is 12.0 Å². The number of amides is 1. The first kappa shape index (κ1) is 15.9. The van der Waals surface area contributed by atoms with Crippen molar-refractivity contribution in [2.75, 3.05) is 26.8 Å². The Kier molecular flexibility index (Phi) is 7.54. The number of methoxy groups -OCH3 is 1. The molecule has 17 heavy (non-hydrogen) atoms. The van der Waals surface area contributed by atoms with Crippen molar-refractivity contribution in [1.29, 1.82) is 0 Å². The minimum absolute atomic E-state index is 0.112. The number of rotatable bonds is 8. The third kappa shape index (κ3) is 5.68. The van der Waals surface area contributed by atoms with Gasteiger partial charge in [-0.15, -0.1) is 0 Å². The van der Waals surface area contributed by atoms with Gasteiger partial charge in [-0.05, 0) is 5.92 Å². The standard InChI is InChI=1S/C12H23NO4/c1-5-9(2)10(3)12(16)13(6-7-17-4)8-11(14)15/h9-10H,5-8H2,1-4H3,(H,14,15). The van der Waals surface area contributed by atoms with E-state index in [0.29, 0.717) is 13.2 Å². The molecule has 0 bridgehead atoms. The Morgan fingerprint density at radius 1 is 1.35 bits per heavy atom. The summed E-state index contributed by atoms with van der Waals surface area (Å²) in [6.07, 6.45) is 0.901. The van der Waals surface area contributed by atoms with E-state index in [1.807, 2.05) is 20.8 Å². The highest BCUT2D eigenvalue weighted by Crippen LogP contribution is 2.17. The first-order valence-electron chi connectivity index (χ1n) is 5.93. The Balaban J connectivity index is 4.54. The molecular formula is C12H23NO4. The van der Waals surface area contributed by atoms with Crippen molar-refractivity contribution >= 4 is 11.9 Å². The van der Waals surface area contributed by atoms with Crippen LogP contribution in [-0.4, -0.2) is 48.7 Å². The minimum atomic E-state index is -0.995. The van der Waals surface area contributed by atoms with Gasteiger partial charge in [0.15, 0.2) is 0 Å². The molecule has 0 aliphatic carbocycles. The molecule has 0 spiro atoms. The van der Waals surface area contributed by atoms with E-state index in [9.17, 15) is 9.59 Å². The SMILES string of the molecule is CCC(C)C(C)C(=O)N(CCOC)CC(=O)O. The van der Waals surface area contributed by atoms with Gasteiger partial charge < -0.3 is 14.7 Å². The van der Waals surface area contributed by atoms with E-state index in [2.05, 4.69) is 0 Å². The Bertz CT molecular complexity index is 255. The van der Waals surface area contributed by atoms with Gasteiger partial charge in [0.05, 0.1) is 6.61 Å². The highest BCUT2D eigenvalue weighted by atomic mass is 16.5. The fourth-order valence-electron chi connectivity index (χ4n) is 1.52. The maximum atomic E-state index is 12.1. The van der Waals surface area contributed by atoms with Crippen LogP contribution in [0.25, 0.3) is 0 Å². The Labute approximate surface area is 103 Å². The summed E-state index contributed by atoms with van der Waals surface area (Å²) < 4.78 is 4.88. The molecule has 5 nitrogen and oxygen atoms in total. The number of aliphatic carboxylic acids is 1. The van der Waals surface area contributed by atoms with Crippen LogP contribution in [0, 0.1) is 11.8 Å². The number of carbonyl (C=O) groups excluding carboxylic acids is 1. The Morgan fingerprint density at radius 3 is 2.35 bits per heavy atom. The number of carboxylic acid groups (broad SMARTS) is 1.